The minimum absolute atomic E-state index is 0.197. The summed E-state index contributed by atoms with van der Waals surface area (Å²) in [6.07, 6.45) is 8.18. The summed E-state index contributed by atoms with van der Waals surface area (Å²) in [6, 6.07) is 6.14. The number of nitrogens with zero attached hydrogens (tertiary/aromatic N) is 3. The molecular weight excluding hydrogens is 390 g/mol. The Kier molecular flexibility index (Phi) is 6.47. The fourth-order valence-electron chi connectivity index (χ4n) is 5.00. The van der Waals surface area contributed by atoms with Gasteiger partial charge in [0.1, 0.15) is 6.10 Å². The third kappa shape index (κ3) is 5.53. The van der Waals surface area contributed by atoms with Crippen LogP contribution in [-0.2, 0) is 11.3 Å². The Hall–Kier alpha value is -2.21. The summed E-state index contributed by atoms with van der Waals surface area (Å²) in [5.41, 5.74) is 2.23. The summed E-state index contributed by atoms with van der Waals surface area (Å²) in [6.45, 7) is 9.44. The van der Waals surface area contributed by atoms with Gasteiger partial charge in [0.05, 0.1) is 5.92 Å². The number of pyridine rings is 2. The first-order valence-electron chi connectivity index (χ1n) is 11.7. The van der Waals surface area contributed by atoms with Crippen molar-refractivity contribution in [3.63, 3.8) is 0 Å². The summed E-state index contributed by atoms with van der Waals surface area (Å²) in [5, 5.41) is 10.2. The molecule has 0 atom stereocenters. The molecule has 4 rings (SSSR count). The first kappa shape index (κ1) is 22.0. The number of carboxylic acid groups (broad SMARTS) is 1. The fraction of sp³-hybridized carbons (Fsp3) is 0.640. The summed E-state index contributed by atoms with van der Waals surface area (Å²) < 4.78 is 6.20. The van der Waals surface area contributed by atoms with Gasteiger partial charge in [0.15, 0.2) is 5.65 Å². The number of piperidine rings is 1. The van der Waals surface area contributed by atoms with E-state index in [1.165, 1.54) is 12.8 Å². The Bertz CT molecular complexity index is 908. The van der Waals surface area contributed by atoms with Gasteiger partial charge in [-0.1, -0.05) is 20.8 Å². The average Bonchev–Trinajstić information content (AvgIpc) is 2.74. The van der Waals surface area contributed by atoms with Gasteiger partial charge in [0, 0.05) is 24.2 Å². The number of aliphatic carboxylic acids is 1. The van der Waals surface area contributed by atoms with E-state index in [4.69, 9.17) is 9.84 Å². The minimum atomic E-state index is -0.668. The van der Waals surface area contributed by atoms with Crippen molar-refractivity contribution < 1.29 is 14.6 Å². The summed E-state index contributed by atoms with van der Waals surface area (Å²) in [4.78, 5) is 22.7. The van der Waals surface area contributed by atoms with Gasteiger partial charge in [-0.2, -0.15) is 4.98 Å². The highest BCUT2D eigenvalue weighted by atomic mass is 16.5. The number of carboxylic acids is 1. The van der Waals surface area contributed by atoms with E-state index < -0.39 is 5.97 Å². The highest BCUT2D eigenvalue weighted by molar-refractivity contribution is 5.75. The summed E-state index contributed by atoms with van der Waals surface area (Å²) in [5.74, 6) is 0.574. The monoisotopic (exact) mass is 425 g/mol. The fourth-order valence-corrected chi connectivity index (χ4v) is 5.00. The molecular formula is C25H35N3O3. The van der Waals surface area contributed by atoms with E-state index >= 15 is 0 Å². The molecule has 31 heavy (non-hydrogen) atoms. The van der Waals surface area contributed by atoms with Crippen LogP contribution in [0.15, 0.2) is 24.4 Å². The number of fused-ring (bicyclic) bond motifs is 1. The zero-order chi connectivity index (χ0) is 22.0. The molecule has 168 valence electrons. The molecule has 2 aromatic heterocycles. The van der Waals surface area contributed by atoms with E-state index in [0.29, 0.717) is 16.9 Å². The van der Waals surface area contributed by atoms with Crippen LogP contribution in [0.25, 0.3) is 11.0 Å². The number of rotatable bonds is 5. The van der Waals surface area contributed by atoms with Gasteiger partial charge >= 0.3 is 5.97 Å². The second-order valence-corrected chi connectivity index (χ2v) is 10.4. The van der Waals surface area contributed by atoms with Gasteiger partial charge in [-0.3, -0.25) is 9.69 Å². The molecule has 0 unspecified atom stereocenters. The number of aromatic nitrogens is 2. The van der Waals surface area contributed by atoms with Crippen molar-refractivity contribution in [2.24, 2.45) is 17.3 Å². The van der Waals surface area contributed by atoms with Crippen LogP contribution >= 0.6 is 0 Å². The van der Waals surface area contributed by atoms with Crippen molar-refractivity contribution in [1.82, 2.24) is 14.9 Å². The van der Waals surface area contributed by atoms with Crippen LogP contribution in [0.5, 0.6) is 5.88 Å². The van der Waals surface area contributed by atoms with E-state index in [2.05, 4.69) is 41.7 Å². The Balaban J connectivity index is 1.34. The zero-order valence-electron chi connectivity index (χ0n) is 19.0. The van der Waals surface area contributed by atoms with Crippen LogP contribution in [0.1, 0.15) is 64.9 Å². The lowest BCUT2D eigenvalue weighted by atomic mass is 9.72. The summed E-state index contributed by atoms with van der Waals surface area (Å²) >= 11 is 0. The number of ether oxygens (including phenoxy) is 1. The molecule has 2 aromatic rings. The van der Waals surface area contributed by atoms with Crippen molar-refractivity contribution in [1.29, 1.82) is 0 Å². The van der Waals surface area contributed by atoms with Gasteiger partial charge in [-0.05, 0) is 80.6 Å². The number of hydrogen-bond acceptors (Lipinski definition) is 5. The normalized spacial score (nSPS) is 23.7. The molecule has 6 heteroatoms. The van der Waals surface area contributed by atoms with Gasteiger partial charge in [0.25, 0.3) is 0 Å². The molecule has 1 aliphatic carbocycles. The first-order chi connectivity index (χ1) is 14.8. The van der Waals surface area contributed by atoms with Gasteiger partial charge in [0.2, 0.25) is 5.88 Å². The molecule has 1 aliphatic heterocycles. The van der Waals surface area contributed by atoms with Gasteiger partial charge in [-0.25, -0.2) is 4.98 Å². The lowest BCUT2D eigenvalue weighted by Gasteiger charge is -2.36. The summed E-state index contributed by atoms with van der Waals surface area (Å²) in [7, 11) is 0. The smallest absolute Gasteiger partial charge is 0.306 e. The molecule has 0 aromatic carbocycles. The van der Waals surface area contributed by atoms with E-state index in [1.807, 2.05) is 18.3 Å². The molecule has 1 saturated heterocycles. The van der Waals surface area contributed by atoms with Crippen LogP contribution in [-0.4, -0.2) is 45.1 Å². The molecule has 0 radical (unpaired) electrons. The van der Waals surface area contributed by atoms with E-state index in [9.17, 15) is 4.79 Å². The quantitative estimate of drug-likeness (QED) is 0.734. The average molecular weight is 426 g/mol. The number of hydrogen-bond donors (Lipinski definition) is 1. The van der Waals surface area contributed by atoms with Crippen molar-refractivity contribution in [3.05, 3.63) is 30.0 Å². The SMILES string of the molecule is CC(C)(C)[C@H]1CC[C@H](Oc2ccc3cc(CN4CCC(C(=O)O)CC4)cnc3n2)CC1. The standard InChI is InChI=1S/C25H35N3O3/c1-25(2,3)20-5-7-21(8-6-20)31-22-9-4-19-14-17(15-26-23(19)27-22)16-28-12-10-18(11-13-28)24(29)30/h4,9,14-15,18,20-21H,5-8,10-13,16H2,1-3H3,(H,29,30)/t20-,21-. The first-order valence-corrected chi connectivity index (χ1v) is 11.7. The molecule has 1 N–H and O–H groups in total. The highest BCUT2D eigenvalue weighted by Gasteiger charge is 2.30. The molecule has 3 heterocycles. The maximum absolute atomic E-state index is 11.1. The Morgan fingerprint density at radius 3 is 2.48 bits per heavy atom. The number of likely N-dealkylation sites (tertiary alicyclic amines) is 1. The Labute approximate surface area is 185 Å². The molecule has 2 aliphatic rings. The molecule has 1 saturated carbocycles. The highest BCUT2D eigenvalue weighted by Crippen LogP contribution is 2.38. The zero-order valence-corrected chi connectivity index (χ0v) is 19.0. The maximum atomic E-state index is 11.1. The second kappa shape index (κ2) is 9.11. The largest absolute Gasteiger partial charge is 0.481 e. The maximum Gasteiger partial charge on any atom is 0.306 e. The predicted molar refractivity (Wildman–Crippen MR) is 121 cm³/mol. The van der Waals surface area contributed by atoms with Crippen LogP contribution in [0.4, 0.5) is 0 Å². The molecule has 0 spiro atoms. The third-order valence-corrected chi connectivity index (χ3v) is 7.10. The van der Waals surface area contributed by atoms with Gasteiger partial charge < -0.3 is 9.84 Å². The predicted octanol–water partition coefficient (Wildman–Crippen LogP) is 4.91. The molecule has 2 fully saturated rings. The lowest BCUT2D eigenvalue weighted by molar-refractivity contribution is -0.143. The molecule has 0 amide bonds. The second-order valence-electron chi connectivity index (χ2n) is 10.4. The van der Waals surface area contributed by atoms with Crippen LogP contribution in [0.2, 0.25) is 0 Å². The minimum Gasteiger partial charge on any atom is -0.481 e. The van der Waals surface area contributed by atoms with Crippen molar-refractivity contribution in [2.75, 3.05) is 13.1 Å². The van der Waals surface area contributed by atoms with Crippen molar-refractivity contribution >= 4 is 17.0 Å². The van der Waals surface area contributed by atoms with Crippen LogP contribution < -0.4 is 4.74 Å². The van der Waals surface area contributed by atoms with E-state index in [1.54, 1.807) is 0 Å². The lowest BCUT2D eigenvalue weighted by Crippen LogP contribution is -2.35. The van der Waals surface area contributed by atoms with Crippen molar-refractivity contribution in [2.45, 2.75) is 71.9 Å². The Morgan fingerprint density at radius 1 is 1.13 bits per heavy atom. The van der Waals surface area contributed by atoms with Gasteiger partial charge in [-0.15, -0.1) is 0 Å². The third-order valence-electron chi connectivity index (χ3n) is 7.10. The van der Waals surface area contributed by atoms with E-state index in [-0.39, 0.29) is 12.0 Å². The number of carbonyl (C=O) groups is 1. The Morgan fingerprint density at radius 2 is 1.84 bits per heavy atom. The van der Waals surface area contributed by atoms with Crippen LogP contribution in [0.3, 0.4) is 0 Å². The topological polar surface area (TPSA) is 75.5 Å². The molecule has 6 nitrogen and oxygen atoms in total. The van der Waals surface area contributed by atoms with E-state index in [0.717, 1.165) is 62.2 Å². The molecule has 0 bridgehead atoms. The van der Waals surface area contributed by atoms with Crippen molar-refractivity contribution in [3.8, 4) is 5.88 Å². The van der Waals surface area contributed by atoms with Crippen LogP contribution in [0, 0.1) is 17.3 Å².